The lowest BCUT2D eigenvalue weighted by atomic mass is 10.2. The molecule has 0 amide bonds. The Balaban J connectivity index is 3.01. The highest BCUT2D eigenvalue weighted by molar-refractivity contribution is 7.91. The molecule has 2 N–H and O–H groups in total. The molecule has 1 rings (SSSR count). The van der Waals surface area contributed by atoms with Gasteiger partial charge in [-0.15, -0.1) is 11.3 Å². The van der Waals surface area contributed by atoms with Gasteiger partial charge in [-0.25, -0.2) is 8.42 Å². The van der Waals surface area contributed by atoms with E-state index in [2.05, 4.69) is 0 Å². The van der Waals surface area contributed by atoms with Gasteiger partial charge in [0, 0.05) is 18.0 Å². The van der Waals surface area contributed by atoms with Crippen molar-refractivity contribution >= 4 is 21.4 Å². The van der Waals surface area contributed by atoms with Gasteiger partial charge in [-0.1, -0.05) is 27.7 Å². The second-order valence-corrected chi connectivity index (χ2v) is 9.20. The molecule has 20 heavy (non-hydrogen) atoms. The van der Waals surface area contributed by atoms with E-state index in [-0.39, 0.29) is 0 Å². The SMILES string of the molecule is CC(C)CN(CC(C)C)S(=O)(=O)c1ccc(CCN)s1. The van der Waals surface area contributed by atoms with Crippen molar-refractivity contribution in [2.75, 3.05) is 19.6 Å². The van der Waals surface area contributed by atoms with Crippen LogP contribution in [0.3, 0.4) is 0 Å². The molecule has 0 saturated heterocycles. The summed E-state index contributed by atoms with van der Waals surface area (Å²) in [5.74, 6) is 0.624. The minimum atomic E-state index is -3.38. The minimum absolute atomic E-state index is 0.312. The van der Waals surface area contributed by atoms with E-state index >= 15 is 0 Å². The molecule has 0 aliphatic heterocycles. The van der Waals surface area contributed by atoms with Crippen molar-refractivity contribution in [2.45, 2.75) is 38.3 Å². The molecule has 1 aromatic heterocycles. The van der Waals surface area contributed by atoms with Crippen LogP contribution in [-0.2, 0) is 16.4 Å². The summed E-state index contributed by atoms with van der Waals surface area (Å²) in [6.45, 7) is 9.82. The number of nitrogens with two attached hydrogens (primary N) is 1. The summed E-state index contributed by atoms with van der Waals surface area (Å²) in [4.78, 5) is 1.03. The van der Waals surface area contributed by atoms with E-state index in [4.69, 9.17) is 5.73 Å². The Labute approximate surface area is 127 Å². The van der Waals surface area contributed by atoms with Crippen LogP contribution in [0.5, 0.6) is 0 Å². The lowest BCUT2D eigenvalue weighted by Crippen LogP contribution is -2.36. The highest BCUT2D eigenvalue weighted by atomic mass is 32.2. The molecule has 0 aliphatic rings. The first-order valence-electron chi connectivity index (χ1n) is 7.06. The second kappa shape index (κ2) is 7.54. The quantitative estimate of drug-likeness (QED) is 0.801. The molecule has 4 nitrogen and oxygen atoms in total. The lowest BCUT2D eigenvalue weighted by Gasteiger charge is -2.24. The first-order valence-corrected chi connectivity index (χ1v) is 9.32. The third-order valence-corrected chi connectivity index (χ3v) is 6.20. The van der Waals surface area contributed by atoms with Crippen molar-refractivity contribution in [1.82, 2.24) is 4.31 Å². The van der Waals surface area contributed by atoms with Crippen LogP contribution in [-0.4, -0.2) is 32.4 Å². The average molecular weight is 319 g/mol. The number of hydrogen-bond donors (Lipinski definition) is 1. The van der Waals surface area contributed by atoms with Gasteiger partial charge < -0.3 is 5.73 Å². The molecule has 1 aromatic rings. The van der Waals surface area contributed by atoms with Gasteiger partial charge in [0.15, 0.2) is 0 Å². The Morgan fingerprint density at radius 1 is 1.15 bits per heavy atom. The van der Waals surface area contributed by atoms with Crippen molar-refractivity contribution < 1.29 is 8.42 Å². The van der Waals surface area contributed by atoms with Crippen LogP contribution in [0, 0.1) is 11.8 Å². The predicted molar refractivity (Wildman–Crippen MR) is 85.5 cm³/mol. The van der Waals surface area contributed by atoms with Crippen LogP contribution in [0.4, 0.5) is 0 Å². The van der Waals surface area contributed by atoms with E-state index in [1.807, 2.05) is 33.8 Å². The van der Waals surface area contributed by atoms with Crippen LogP contribution < -0.4 is 5.73 Å². The molecule has 0 radical (unpaired) electrons. The van der Waals surface area contributed by atoms with E-state index in [0.29, 0.717) is 35.7 Å². The molecule has 116 valence electrons. The topological polar surface area (TPSA) is 63.4 Å². The van der Waals surface area contributed by atoms with Gasteiger partial charge in [0.1, 0.15) is 4.21 Å². The van der Waals surface area contributed by atoms with Crippen molar-refractivity contribution in [3.8, 4) is 0 Å². The van der Waals surface area contributed by atoms with Crippen LogP contribution >= 0.6 is 11.3 Å². The summed E-state index contributed by atoms with van der Waals surface area (Å²) >= 11 is 1.34. The number of hydrogen-bond acceptors (Lipinski definition) is 4. The van der Waals surface area contributed by atoms with Gasteiger partial charge in [-0.3, -0.25) is 0 Å². The highest BCUT2D eigenvalue weighted by Crippen LogP contribution is 2.26. The molecule has 0 aliphatic carbocycles. The van der Waals surface area contributed by atoms with E-state index in [1.54, 1.807) is 10.4 Å². The normalized spacial score (nSPS) is 12.8. The van der Waals surface area contributed by atoms with E-state index in [9.17, 15) is 8.42 Å². The zero-order valence-corrected chi connectivity index (χ0v) is 14.4. The van der Waals surface area contributed by atoms with Crippen molar-refractivity contribution in [1.29, 1.82) is 0 Å². The van der Waals surface area contributed by atoms with E-state index in [0.717, 1.165) is 11.3 Å². The fourth-order valence-electron chi connectivity index (χ4n) is 1.99. The molecule has 0 saturated carbocycles. The maximum absolute atomic E-state index is 12.7. The van der Waals surface area contributed by atoms with Gasteiger partial charge in [0.05, 0.1) is 0 Å². The number of nitrogens with zero attached hydrogens (tertiary/aromatic N) is 1. The molecular weight excluding hydrogens is 292 g/mol. The minimum Gasteiger partial charge on any atom is -0.330 e. The summed E-state index contributed by atoms with van der Waals surface area (Å²) in [5, 5.41) is 0. The smallest absolute Gasteiger partial charge is 0.252 e. The molecular formula is C14H26N2O2S2. The molecule has 0 atom stereocenters. The van der Waals surface area contributed by atoms with Crippen molar-refractivity contribution in [2.24, 2.45) is 17.6 Å². The van der Waals surface area contributed by atoms with Crippen LogP contribution in [0.1, 0.15) is 32.6 Å². The van der Waals surface area contributed by atoms with Gasteiger partial charge in [0.25, 0.3) is 10.0 Å². The second-order valence-electron chi connectivity index (χ2n) is 5.87. The predicted octanol–water partition coefficient (Wildman–Crippen LogP) is 2.55. The molecule has 0 aromatic carbocycles. The third-order valence-electron chi connectivity index (χ3n) is 2.76. The number of rotatable bonds is 8. The lowest BCUT2D eigenvalue weighted by molar-refractivity contribution is 0.334. The highest BCUT2D eigenvalue weighted by Gasteiger charge is 2.27. The van der Waals surface area contributed by atoms with Gasteiger partial charge >= 0.3 is 0 Å². The first kappa shape index (κ1) is 17.6. The zero-order chi connectivity index (χ0) is 15.3. The van der Waals surface area contributed by atoms with Gasteiger partial charge in [-0.05, 0) is 36.9 Å². The Hall–Kier alpha value is -0.430. The van der Waals surface area contributed by atoms with Crippen molar-refractivity contribution in [3.05, 3.63) is 17.0 Å². The molecule has 0 unspecified atom stereocenters. The Kier molecular flexibility index (Phi) is 6.64. The Morgan fingerprint density at radius 3 is 2.15 bits per heavy atom. The molecule has 6 heteroatoms. The summed E-state index contributed by atoms with van der Waals surface area (Å²) in [5.41, 5.74) is 5.52. The van der Waals surface area contributed by atoms with Gasteiger partial charge in [0.2, 0.25) is 0 Å². The summed E-state index contributed by atoms with van der Waals surface area (Å²) in [6, 6.07) is 3.58. The Morgan fingerprint density at radius 2 is 1.70 bits per heavy atom. The maximum Gasteiger partial charge on any atom is 0.252 e. The summed E-state index contributed by atoms with van der Waals surface area (Å²) in [7, 11) is -3.38. The standard InChI is InChI=1S/C14H26N2O2S2/c1-11(2)9-16(10-12(3)4)20(17,18)14-6-5-13(19-14)7-8-15/h5-6,11-12H,7-10,15H2,1-4H3. The fraction of sp³-hybridized carbons (Fsp3) is 0.714. The van der Waals surface area contributed by atoms with Crippen LogP contribution in [0.15, 0.2) is 16.3 Å². The number of sulfonamides is 1. The van der Waals surface area contributed by atoms with Crippen molar-refractivity contribution in [3.63, 3.8) is 0 Å². The molecule has 1 heterocycles. The molecule has 0 fully saturated rings. The third kappa shape index (κ3) is 4.84. The fourth-order valence-corrected chi connectivity index (χ4v) is 5.28. The Bertz CT molecular complexity index is 497. The monoisotopic (exact) mass is 318 g/mol. The summed E-state index contributed by atoms with van der Waals surface area (Å²) in [6.07, 6.45) is 0.731. The zero-order valence-electron chi connectivity index (χ0n) is 12.8. The molecule has 0 spiro atoms. The van der Waals surface area contributed by atoms with Crippen LogP contribution in [0.2, 0.25) is 0 Å². The number of thiophene rings is 1. The van der Waals surface area contributed by atoms with Gasteiger partial charge in [-0.2, -0.15) is 4.31 Å². The maximum atomic E-state index is 12.7. The molecule has 0 bridgehead atoms. The van der Waals surface area contributed by atoms with E-state index in [1.165, 1.54) is 11.3 Å². The van der Waals surface area contributed by atoms with E-state index < -0.39 is 10.0 Å². The largest absolute Gasteiger partial charge is 0.330 e. The average Bonchev–Trinajstić information content (AvgIpc) is 2.76. The van der Waals surface area contributed by atoms with Crippen LogP contribution in [0.25, 0.3) is 0 Å². The first-order chi connectivity index (χ1) is 9.27. The summed E-state index contributed by atoms with van der Waals surface area (Å²) < 4.78 is 27.5.